The van der Waals surface area contributed by atoms with Crippen molar-refractivity contribution in [1.82, 2.24) is 10.4 Å². The maximum absolute atomic E-state index is 11.7. The fourth-order valence-corrected chi connectivity index (χ4v) is 1.34. The molecule has 8 heteroatoms. The normalized spacial score (nSPS) is 9.85. The number of carboxylic acid groups (broad SMARTS) is 1. The predicted octanol–water partition coefficient (Wildman–Crippen LogP) is -0.863. The molecule has 0 fully saturated rings. The van der Waals surface area contributed by atoms with Crippen molar-refractivity contribution in [3.8, 4) is 0 Å². The number of hydrogen-bond donors (Lipinski definition) is 2. The lowest BCUT2D eigenvalue weighted by molar-refractivity contribution is -0.753. The Kier molecular flexibility index (Phi) is 6.08. The average molecular weight is 282 g/mol. The monoisotopic (exact) mass is 282 g/mol. The number of aliphatic carboxylic acids is 1. The summed E-state index contributed by atoms with van der Waals surface area (Å²) in [5.41, 5.74) is 0.335. The lowest BCUT2D eigenvalue weighted by Crippen LogP contribution is -2.39. The smallest absolute Gasteiger partial charge is 0.309 e. The van der Waals surface area contributed by atoms with Gasteiger partial charge in [0.25, 0.3) is 5.91 Å². The van der Waals surface area contributed by atoms with E-state index in [2.05, 4.69) is 15.2 Å². The van der Waals surface area contributed by atoms with E-state index >= 15 is 0 Å². The Hall–Kier alpha value is -2.51. The van der Waals surface area contributed by atoms with Gasteiger partial charge >= 0.3 is 11.9 Å². The molecule has 0 bridgehead atoms. The van der Waals surface area contributed by atoms with Crippen LogP contribution < -0.4 is 10.00 Å². The number of nitrogens with one attached hydrogen (secondary N) is 1. The van der Waals surface area contributed by atoms with E-state index in [-0.39, 0.29) is 31.8 Å². The van der Waals surface area contributed by atoms with Crippen LogP contribution in [0.25, 0.3) is 0 Å². The van der Waals surface area contributed by atoms with Crippen LogP contribution in [-0.2, 0) is 20.9 Å². The molecule has 1 heterocycles. The number of carbonyl (C=O) groups is 3. The largest absolute Gasteiger partial charge is 0.481 e. The number of rotatable bonds is 7. The SMILES string of the molecule is COC(=O)CCNC(=O)c1cc[n+](CCC(=O)O)nc1. The third-order valence-electron chi connectivity index (χ3n) is 2.43. The van der Waals surface area contributed by atoms with Crippen molar-refractivity contribution in [2.45, 2.75) is 19.4 Å². The Morgan fingerprint density at radius 1 is 1.40 bits per heavy atom. The van der Waals surface area contributed by atoms with Gasteiger partial charge in [0.2, 0.25) is 0 Å². The molecule has 0 radical (unpaired) electrons. The first-order valence-corrected chi connectivity index (χ1v) is 5.95. The van der Waals surface area contributed by atoms with Crippen LogP contribution >= 0.6 is 0 Å². The van der Waals surface area contributed by atoms with Gasteiger partial charge in [0.15, 0.2) is 12.7 Å². The summed E-state index contributed by atoms with van der Waals surface area (Å²) < 4.78 is 5.88. The lowest BCUT2D eigenvalue weighted by Gasteiger charge is -2.03. The van der Waals surface area contributed by atoms with E-state index in [1.54, 1.807) is 0 Å². The third kappa shape index (κ3) is 5.42. The van der Waals surface area contributed by atoms with Crippen molar-refractivity contribution in [3.63, 3.8) is 0 Å². The highest BCUT2D eigenvalue weighted by Crippen LogP contribution is 1.93. The second-order valence-corrected chi connectivity index (χ2v) is 3.90. The molecule has 0 aliphatic heterocycles. The number of aromatic nitrogens is 2. The molecule has 0 aliphatic rings. The third-order valence-corrected chi connectivity index (χ3v) is 2.43. The number of aryl methyl sites for hydroxylation is 1. The summed E-state index contributed by atoms with van der Waals surface area (Å²) >= 11 is 0. The Labute approximate surface area is 115 Å². The van der Waals surface area contributed by atoms with Gasteiger partial charge in [-0.05, 0) is 5.10 Å². The van der Waals surface area contributed by atoms with Gasteiger partial charge in [-0.2, -0.15) is 0 Å². The van der Waals surface area contributed by atoms with E-state index in [9.17, 15) is 14.4 Å². The molecule has 0 aromatic carbocycles. The van der Waals surface area contributed by atoms with Gasteiger partial charge in [-0.15, -0.1) is 0 Å². The number of amides is 1. The number of carboxylic acids is 1. The molecule has 0 atom stereocenters. The minimum absolute atomic E-state index is 0.0393. The van der Waals surface area contributed by atoms with Crippen LogP contribution in [0.3, 0.4) is 0 Å². The van der Waals surface area contributed by atoms with Gasteiger partial charge in [-0.3, -0.25) is 14.4 Å². The van der Waals surface area contributed by atoms with Crippen LogP contribution in [-0.4, -0.2) is 41.7 Å². The van der Waals surface area contributed by atoms with Crippen molar-refractivity contribution >= 4 is 17.8 Å². The maximum Gasteiger partial charge on any atom is 0.309 e. The van der Waals surface area contributed by atoms with Crippen molar-refractivity contribution in [3.05, 3.63) is 24.0 Å². The Morgan fingerprint density at radius 2 is 2.15 bits per heavy atom. The quantitative estimate of drug-likeness (QED) is 0.497. The van der Waals surface area contributed by atoms with Crippen LogP contribution in [0, 0.1) is 0 Å². The van der Waals surface area contributed by atoms with E-state index in [0.717, 1.165) is 0 Å². The lowest BCUT2D eigenvalue weighted by atomic mass is 10.3. The average Bonchev–Trinajstić information content (AvgIpc) is 2.45. The van der Waals surface area contributed by atoms with E-state index in [0.29, 0.717) is 5.56 Å². The zero-order valence-electron chi connectivity index (χ0n) is 11.0. The molecular formula is C12H16N3O5+. The van der Waals surface area contributed by atoms with Gasteiger partial charge < -0.3 is 15.2 Å². The van der Waals surface area contributed by atoms with Crippen molar-refractivity contribution in [2.75, 3.05) is 13.7 Å². The zero-order chi connectivity index (χ0) is 15.0. The van der Waals surface area contributed by atoms with Gasteiger partial charge in [0.05, 0.1) is 19.1 Å². The molecule has 1 amide bonds. The number of esters is 1. The van der Waals surface area contributed by atoms with Crippen LogP contribution in [0.15, 0.2) is 18.5 Å². The van der Waals surface area contributed by atoms with Crippen molar-refractivity contribution in [1.29, 1.82) is 0 Å². The molecule has 0 aliphatic carbocycles. The van der Waals surface area contributed by atoms with Gasteiger partial charge in [0, 0.05) is 12.6 Å². The molecular weight excluding hydrogens is 266 g/mol. The van der Waals surface area contributed by atoms with Gasteiger partial charge in [-0.25, -0.2) is 0 Å². The molecule has 0 saturated heterocycles. The van der Waals surface area contributed by atoms with Crippen LogP contribution in [0.2, 0.25) is 0 Å². The van der Waals surface area contributed by atoms with Crippen LogP contribution in [0.5, 0.6) is 0 Å². The molecule has 1 aromatic rings. The summed E-state index contributed by atoms with van der Waals surface area (Å²) in [6.07, 6.45) is 2.93. The van der Waals surface area contributed by atoms with E-state index in [1.165, 1.54) is 30.3 Å². The molecule has 8 nitrogen and oxygen atoms in total. The molecule has 20 heavy (non-hydrogen) atoms. The Morgan fingerprint density at radius 3 is 2.70 bits per heavy atom. The summed E-state index contributed by atoms with van der Waals surface area (Å²) in [5.74, 6) is -1.67. The summed E-state index contributed by atoms with van der Waals surface area (Å²) in [6.45, 7) is 0.416. The van der Waals surface area contributed by atoms with Gasteiger partial charge in [0.1, 0.15) is 12.6 Å². The molecule has 0 unspecified atom stereocenters. The number of methoxy groups -OCH3 is 1. The first-order valence-electron chi connectivity index (χ1n) is 5.95. The topological polar surface area (TPSA) is 109 Å². The summed E-state index contributed by atoms with van der Waals surface area (Å²) in [4.78, 5) is 33.0. The zero-order valence-corrected chi connectivity index (χ0v) is 11.0. The maximum atomic E-state index is 11.7. The molecule has 2 N–H and O–H groups in total. The van der Waals surface area contributed by atoms with Gasteiger partial charge in [-0.1, -0.05) is 4.68 Å². The van der Waals surface area contributed by atoms with E-state index < -0.39 is 11.9 Å². The summed E-state index contributed by atoms with van der Waals surface area (Å²) in [5, 5.41) is 15.0. The number of hydrogen-bond acceptors (Lipinski definition) is 5. The fraction of sp³-hybridized carbons (Fsp3) is 0.417. The molecule has 0 spiro atoms. The summed E-state index contributed by atoms with van der Waals surface area (Å²) in [7, 11) is 1.28. The minimum Gasteiger partial charge on any atom is -0.481 e. The summed E-state index contributed by atoms with van der Waals surface area (Å²) in [6, 6.07) is 1.53. The number of ether oxygens (including phenoxy) is 1. The predicted molar refractivity (Wildman–Crippen MR) is 65.7 cm³/mol. The number of carbonyl (C=O) groups excluding carboxylic acids is 2. The van der Waals surface area contributed by atoms with E-state index in [1.807, 2.05) is 0 Å². The highest BCUT2D eigenvalue weighted by atomic mass is 16.5. The second kappa shape index (κ2) is 7.82. The van der Waals surface area contributed by atoms with Crippen molar-refractivity contribution in [2.24, 2.45) is 0 Å². The number of nitrogens with zero attached hydrogens (tertiary/aromatic N) is 2. The van der Waals surface area contributed by atoms with E-state index in [4.69, 9.17) is 5.11 Å². The molecule has 108 valence electrons. The first kappa shape index (κ1) is 15.5. The van der Waals surface area contributed by atoms with Crippen LogP contribution in [0.4, 0.5) is 0 Å². The Bertz CT molecular complexity index is 486. The van der Waals surface area contributed by atoms with Crippen molar-refractivity contribution < 1.29 is 28.9 Å². The first-order chi connectivity index (χ1) is 9.52. The fourth-order valence-electron chi connectivity index (χ4n) is 1.34. The standard InChI is InChI=1S/C12H15N3O5/c1-20-11(18)2-5-13-12(19)9-3-6-15(14-8-9)7-4-10(16)17/h3,6,8H,2,4-5,7H2,1H3,(H-,13,16,17,19)/p+1. The van der Waals surface area contributed by atoms with Crippen LogP contribution in [0.1, 0.15) is 23.2 Å². The minimum atomic E-state index is -0.913. The molecule has 1 rings (SSSR count). The molecule has 1 aromatic heterocycles. The second-order valence-electron chi connectivity index (χ2n) is 3.90. The Balaban J connectivity index is 2.44. The molecule has 0 saturated carbocycles. The highest BCUT2D eigenvalue weighted by molar-refractivity contribution is 5.93. The highest BCUT2D eigenvalue weighted by Gasteiger charge is 2.11.